The average molecular weight is 424 g/mol. The molecule has 0 spiro atoms. The van der Waals surface area contributed by atoms with Crippen molar-refractivity contribution >= 4 is 40.5 Å². The minimum atomic E-state index is -0.349. The van der Waals surface area contributed by atoms with Crippen molar-refractivity contribution in [1.29, 1.82) is 0 Å². The lowest BCUT2D eigenvalue weighted by atomic mass is 9.98. The molecule has 5 nitrogen and oxygen atoms in total. The van der Waals surface area contributed by atoms with Crippen LogP contribution in [0.5, 0.6) is 0 Å². The fourth-order valence-electron chi connectivity index (χ4n) is 3.00. The summed E-state index contributed by atoms with van der Waals surface area (Å²) in [5.41, 5.74) is 2.51. The summed E-state index contributed by atoms with van der Waals surface area (Å²) in [5, 5.41) is 3.97. The Balaban J connectivity index is 1.54. The van der Waals surface area contributed by atoms with Crippen molar-refractivity contribution < 1.29 is 9.59 Å². The lowest BCUT2D eigenvalue weighted by molar-refractivity contribution is 0.0939. The van der Waals surface area contributed by atoms with Gasteiger partial charge in [0.05, 0.1) is 22.8 Å². The number of carbonyl (C=O) groups is 2. The number of imidazole rings is 1. The summed E-state index contributed by atoms with van der Waals surface area (Å²) in [6.45, 7) is 0.224. The molecular formula is C22H15Cl2N3O2. The van der Waals surface area contributed by atoms with Gasteiger partial charge in [0.1, 0.15) is 5.65 Å². The van der Waals surface area contributed by atoms with Crippen LogP contribution >= 0.6 is 23.2 Å². The Morgan fingerprint density at radius 2 is 1.55 bits per heavy atom. The predicted octanol–water partition coefficient (Wildman–Crippen LogP) is 4.80. The van der Waals surface area contributed by atoms with Gasteiger partial charge in [-0.25, -0.2) is 4.98 Å². The van der Waals surface area contributed by atoms with Gasteiger partial charge in [-0.05, 0) is 42.5 Å². The first kappa shape index (κ1) is 19.2. The van der Waals surface area contributed by atoms with Crippen LogP contribution in [0.2, 0.25) is 10.0 Å². The number of halogens is 2. The van der Waals surface area contributed by atoms with Crippen LogP contribution in [0, 0.1) is 0 Å². The molecule has 2 aromatic heterocycles. The summed E-state index contributed by atoms with van der Waals surface area (Å²) in [6, 6.07) is 16.8. The number of hydrogen-bond acceptors (Lipinski definition) is 3. The van der Waals surface area contributed by atoms with Crippen LogP contribution in [0.1, 0.15) is 32.0 Å². The van der Waals surface area contributed by atoms with E-state index >= 15 is 0 Å². The van der Waals surface area contributed by atoms with Crippen molar-refractivity contribution in [2.24, 2.45) is 0 Å². The topological polar surface area (TPSA) is 63.5 Å². The van der Waals surface area contributed by atoms with Crippen LogP contribution < -0.4 is 5.32 Å². The summed E-state index contributed by atoms with van der Waals surface area (Å²) in [5.74, 6) is -0.590. The van der Waals surface area contributed by atoms with Crippen molar-refractivity contribution in [3.63, 3.8) is 0 Å². The highest BCUT2D eigenvalue weighted by molar-refractivity contribution is 6.31. The highest BCUT2D eigenvalue weighted by Crippen LogP contribution is 2.17. The van der Waals surface area contributed by atoms with Gasteiger partial charge in [0.2, 0.25) is 0 Å². The number of carbonyl (C=O) groups excluding carboxylic acids is 2. The number of fused-ring (bicyclic) bond motifs is 1. The van der Waals surface area contributed by atoms with E-state index in [4.69, 9.17) is 23.2 Å². The second-order valence-electron chi connectivity index (χ2n) is 6.41. The smallest absolute Gasteiger partial charge is 0.252 e. The number of nitrogens with zero attached hydrogens (tertiary/aromatic N) is 2. The summed E-state index contributed by atoms with van der Waals surface area (Å²) in [6.07, 6.45) is 3.54. The maximum absolute atomic E-state index is 12.9. The first-order chi connectivity index (χ1) is 14.0. The second kappa shape index (κ2) is 8.07. The normalized spacial score (nSPS) is 10.8. The van der Waals surface area contributed by atoms with Crippen LogP contribution in [0.15, 0.2) is 73.1 Å². The van der Waals surface area contributed by atoms with E-state index in [-0.39, 0.29) is 18.2 Å². The molecular weight excluding hydrogens is 409 g/mol. The van der Waals surface area contributed by atoms with Crippen molar-refractivity contribution in [1.82, 2.24) is 14.7 Å². The van der Waals surface area contributed by atoms with E-state index in [2.05, 4.69) is 10.3 Å². The Kier molecular flexibility index (Phi) is 5.34. The maximum Gasteiger partial charge on any atom is 0.252 e. The standard InChI is InChI=1S/C22H15Cl2N3O2/c23-15-7-5-14(6-8-15)21(28)18-3-1-2-4-19(18)22(29)25-11-17-13-27-12-16(24)9-10-20(27)26-17/h1-10,12-13H,11H2,(H,25,29). The molecule has 1 N–H and O–H groups in total. The fourth-order valence-corrected chi connectivity index (χ4v) is 3.30. The van der Waals surface area contributed by atoms with Crippen molar-refractivity contribution in [2.75, 3.05) is 0 Å². The third kappa shape index (κ3) is 4.16. The molecule has 0 atom stereocenters. The number of benzene rings is 2. The minimum Gasteiger partial charge on any atom is -0.346 e. The van der Waals surface area contributed by atoms with Gasteiger partial charge in [-0.1, -0.05) is 41.4 Å². The highest BCUT2D eigenvalue weighted by atomic mass is 35.5. The zero-order valence-corrected chi connectivity index (χ0v) is 16.6. The van der Waals surface area contributed by atoms with Gasteiger partial charge in [-0.2, -0.15) is 0 Å². The van der Waals surface area contributed by atoms with E-state index in [0.717, 1.165) is 5.65 Å². The molecule has 29 heavy (non-hydrogen) atoms. The zero-order valence-electron chi connectivity index (χ0n) is 15.1. The van der Waals surface area contributed by atoms with E-state index in [1.807, 2.05) is 0 Å². The molecule has 0 aliphatic carbocycles. The van der Waals surface area contributed by atoms with Gasteiger partial charge in [0.25, 0.3) is 5.91 Å². The number of amides is 1. The molecule has 0 unspecified atom stereocenters. The molecule has 7 heteroatoms. The van der Waals surface area contributed by atoms with Crippen molar-refractivity contribution in [3.8, 4) is 0 Å². The lowest BCUT2D eigenvalue weighted by Crippen LogP contribution is -2.25. The number of nitrogens with one attached hydrogen (secondary N) is 1. The largest absolute Gasteiger partial charge is 0.346 e. The predicted molar refractivity (Wildman–Crippen MR) is 113 cm³/mol. The number of ketones is 1. The lowest BCUT2D eigenvalue weighted by Gasteiger charge is -2.09. The van der Waals surface area contributed by atoms with Gasteiger partial charge in [-0.15, -0.1) is 0 Å². The molecule has 4 aromatic rings. The Hall–Kier alpha value is -3.15. The van der Waals surface area contributed by atoms with E-state index in [1.165, 1.54) is 0 Å². The summed E-state index contributed by atoms with van der Waals surface area (Å²) in [4.78, 5) is 30.1. The Morgan fingerprint density at radius 3 is 2.31 bits per heavy atom. The minimum absolute atomic E-state index is 0.224. The summed E-state index contributed by atoms with van der Waals surface area (Å²) >= 11 is 11.9. The molecule has 0 aliphatic heterocycles. The molecule has 0 fully saturated rings. The molecule has 144 valence electrons. The van der Waals surface area contributed by atoms with Gasteiger partial charge in [0.15, 0.2) is 5.78 Å². The van der Waals surface area contributed by atoms with E-state index in [9.17, 15) is 9.59 Å². The third-order valence-corrected chi connectivity index (χ3v) is 4.89. The molecule has 4 rings (SSSR count). The number of rotatable bonds is 5. The molecule has 0 radical (unpaired) electrons. The monoisotopic (exact) mass is 423 g/mol. The Labute approximate surface area is 176 Å². The maximum atomic E-state index is 12.9. The SMILES string of the molecule is O=C(NCc1cn2cc(Cl)ccc2n1)c1ccccc1C(=O)c1ccc(Cl)cc1. The highest BCUT2D eigenvalue weighted by Gasteiger charge is 2.18. The summed E-state index contributed by atoms with van der Waals surface area (Å²) < 4.78 is 1.79. The first-order valence-corrected chi connectivity index (χ1v) is 9.57. The first-order valence-electron chi connectivity index (χ1n) is 8.82. The van der Waals surface area contributed by atoms with Gasteiger partial charge < -0.3 is 9.72 Å². The Bertz CT molecular complexity index is 1220. The molecule has 2 aromatic carbocycles. The number of aromatic nitrogens is 2. The van der Waals surface area contributed by atoms with Crippen LogP contribution in [0.4, 0.5) is 0 Å². The molecule has 2 heterocycles. The molecule has 0 saturated carbocycles. The van der Waals surface area contributed by atoms with Crippen LogP contribution in [-0.4, -0.2) is 21.1 Å². The quantitative estimate of drug-likeness (QED) is 0.468. The molecule has 0 bridgehead atoms. The van der Waals surface area contributed by atoms with E-state index in [1.54, 1.807) is 77.5 Å². The number of pyridine rings is 1. The molecule has 0 saturated heterocycles. The zero-order chi connectivity index (χ0) is 20.4. The number of hydrogen-bond donors (Lipinski definition) is 1. The fraction of sp³-hybridized carbons (Fsp3) is 0.0455. The Morgan fingerprint density at radius 1 is 0.862 bits per heavy atom. The average Bonchev–Trinajstić information content (AvgIpc) is 3.14. The van der Waals surface area contributed by atoms with Gasteiger partial charge >= 0.3 is 0 Å². The molecule has 1 amide bonds. The van der Waals surface area contributed by atoms with Gasteiger partial charge in [0, 0.05) is 28.5 Å². The third-order valence-electron chi connectivity index (χ3n) is 4.42. The summed E-state index contributed by atoms with van der Waals surface area (Å²) in [7, 11) is 0. The molecule has 0 aliphatic rings. The van der Waals surface area contributed by atoms with Crippen molar-refractivity contribution in [2.45, 2.75) is 6.54 Å². The van der Waals surface area contributed by atoms with E-state index < -0.39 is 0 Å². The second-order valence-corrected chi connectivity index (χ2v) is 7.28. The van der Waals surface area contributed by atoms with Crippen molar-refractivity contribution in [3.05, 3.63) is 105 Å². The van der Waals surface area contributed by atoms with Crippen LogP contribution in [-0.2, 0) is 6.54 Å². The van der Waals surface area contributed by atoms with Crippen LogP contribution in [0.25, 0.3) is 5.65 Å². The van der Waals surface area contributed by atoms with Crippen LogP contribution in [0.3, 0.4) is 0 Å². The van der Waals surface area contributed by atoms with E-state index in [0.29, 0.717) is 32.4 Å². The van der Waals surface area contributed by atoms with Gasteiger partial charge in [-0.3, -0.25) is 9.59 Å².